The molecule has 2 saturated heterocycles. The van der Waals surface area contributed by atoms with Gasteiger partial charge in [-0.05, 0) is 38.7 Å². The van der Waals surface area contributed by atoms with Crippen molar-refractivity contribution in [3.8, 4) is 0 Å². The van der Waals surface area contributed by atoms with Crippen LogP contribution in [0.15, 0.2) is 22.1 Å². The Balaban J connectivity index is 0.00000140. The van der Waals surface area contributed by atoms with Gasteiger partial charge < -0.3 is 15.1 Å². The quantitative estimate of drug-likeness (QED) is 0.655. The third-order valence-electron chi connectivity index (χ3n) is 5.06. The van der Waals surface area contributed by atoms with E-state index in [1.807, 2.05) is 5.38 Å². The van der Waals surface area contributed by atoms with Crippen LogP contribution in [-0.4, -0.2) is 34.9 Å². The van der Waals surface area contributed by atoms with Gasteiger partial charge >= 0.3 is 0 Å². The SMILES string of the molecule is Cc1occc1C(=O)Nc1nc(CC(=O)NC2CC3CCC(C2)N3)cs1.Cl.Cl. The van der Waals surface area contributed by atoms with Gasteiger partial charge in [-0.3, -0.25) is 14.9 Å². The van der Waals surface area contributed by atoms with Gasteiger partial charge in [-0.2, -0.15) is 0 Å². The highest BCUT2D eigenvalue weighted by Crippen LogP contribution is 2.27. The summed E-state index contributed by atoms with van der Waals surface area (Å²) >= 11 is 1.32. The Morgan fingerprint density at radius 1 is 1.29 bits per heavy atom. The molecule has 4 rings (SSSR count). The van der Waals surface area contributed by atoms with Gasteiger partial charge in [0.25, 0.3) is 5.91 Å². The lowest BCUT2D eigenvalue weighted by Gasteiger charge is -2.29. The second-order valence-corrected chi connectivity index (χ2v) is 7.90. The van der Waals surface area contributed by atoms with E-state index in [1.54, 1.807) is 13.0 Å². The van der Waals surface area contributed by atoms with Crippen molar-refractivity contribution in [3.05, 3.63) is 34.7 Å². The highest BCUT2D eigenvalue weighted by molar-refractivity contribution is 7.14. The van der Waals surface area contributed by atoms with E-state index < -0.39 is 0 Å². The topological polar surface area (TPSA) is 96.3 Å². The van der Waals surface area contributed by atoms with Crippen LogP contribution in [0.25, 0.3) is 0 Å². The van der Waals surface area contributed by atoms with Crippen LogP contribution in [-0.2, 0) is 11.2 Å². The maximum Gasteiger partial charge on any atom is 0.260 e. The molecule has 4 heterocycles. The van der Waals surface area contributed by atoms with Crippen molar-refractivity contribution in [2.24, 2.45) is 0 Å². The van der Waals surface area contributed by atoms with Crippen LogP contribution in [0.1, 0.15) is 47.5 Å². The number of furan rings is 1. The number of carbonyl (C=O) groups excluding carboxylic acids is 2. The van der Waals surface area contributed by atoms with E-state index >= 15 is 0 Å². The van der Waals surface area contributed by atoms with Crippen LogP contribution < -0.4 is 16.0 Å². The number of halogens is 2. The molecule has 2 bridgehead atoms. The van der Waals surface area contributed by atoms with Gasteiger partial charge in [0, 0.05) is 23.5 Å². The highest BCUT2D eigenvalue weighted by atomic mass is 35.5. The van der Waals surface area contributed by atoms with Gasteiger partial charge in [0.15, 0.2) is 5.13 Å². The van der Waals surface area contributed by atoms with Crippen LogP contribution in [0, 0.1) is 6.92 Å². The third-order valence-corrected chi connectivity index (χ3v) is 5.86. The van der Waals surface area contributed by atoms with E-state index in [9.17, 15) is 9.59 Å². The molecule has 0 aromatic carbocycles. The summed E-state index contributed by atoms with van der Waals surface area (Å²) in [5.41, 5.74) is 1.16. The van der Waals surface area contributed by atoms with Crippen molar-refractivity contribution in [3.63, 3.8) is 0 Å². The Morgan fingerprint density at radius 3 is 2.64 bits per heavy atom. The fourth-order valence-corrected chi connectivity index (χ4v) is 4.55. The fraction of sp³-hybridized carbons (Fsp3) is 0.500. The molecule has 2 aromatic heterocycles. The second kappa shape index (κ2) is 9.73. The second-order valence-electron chi connectivity index (χ2n) is 7.04. The molecule has 2 aliphatic rings. The molecule has 2 aliphatic heterocycles. The third kappa shape index (κ3) is 5.26. The van der Waals surface area contributed by atoms with Crippen molar-refractivity contribution in [1.29, 1.82) is 0 Å². The Hall–Kier alpha value is -1.61. The van der Waals surface area contributed by atoms with Gasteiger partial charge in [-0.1, -0.05) is 0 Å². The maximum atomic E-state index is 12.3. The minimum Gasteiger partial charge on any atom is -0.469 e. The van der Waals surface area contributed by atoms with E-state index in [-0.39, 0.29) is 49.1 Å². The molecule has 2 aromatic rings. The number of hydrogen-bond donors (Lipinski definition) is 3. The molecule has 2 fully saturated rings. The number of piperidine rings is 1. The molecule has 0 radical (unpaired) electrons. The molecule has 2 unspecified atom stereocenters. The van der Waals surface area contributed by atoms with Crippen LogP contribution in [0.5, 0.6) is 0 Å². The van der Waals surface area contributed by atoms with Crippen LogP contribution in [0.4, 0.5) is 5.13 Å². The molecular formula is C18H24Cl2N4O3S. The van der Waals surface area contributed by atoms with Crippen molar-refractivity contribution < 1.29 is 14.0 Å². The summed E-state index contributed by atoms with van der Waals surface area (Å²) in [7, 11) is 0. The number of nitrogens with one attached hydrogen (secondary N) is 3. The first-order valence-electron chi connectivity index (χ1n) is 8.92. The lowest BCUT2D eigenvalue weighted by Crippen LogP contribution is -2.48. The first kappa shape index (κ1) is 22.7. The Labute approximate surface area is 179 Å². The molecule has 7 nitrogen and oxygen atoms in total. The number of fused-ring (bicyclic) bond motifs is 2. The van der Waals surface area contributed by atoms with Gasteiger partial charge in [-0.15, -0.1) is 36.2 Å². The van der Waals surface area contributed by atoms with Crippen molar-refractivity contribution in [1.82, 2.24) is 15.6 Å². The molecule has 3 N–H and O–H groups in total. The van der Waals surface area contributed by atoms with E-state index in [2.05, 4.69) is 20.9 Å². The van der Waals surface area contributed by atoms with E-state index in [4.69, 9.17) is 4.42 Å². The van der Waals surface area contributed by atoms with E-state index in [0.29, 0.717) is 34.2 Å². The van der Waals surface area contributed by atoms with Crippen LogP contribution >= 0.6 is 36.2 Å². The smallest absolute Gasteiger partial charge is 0.260 e. The van der Waals surface area contributed by atoms with E-state index in [0.717, 1.165) is 12.8 Å². The number of amides is 2. The molecule has 2 atom stereocenters. The fourth-order valence-electron chi connectivity index (χ4n) is 3.85. The molecule has 28 heavy (non-hydrogen) atoms. The zero-order chi connectivity index (χ0) is 18.1. The van der Waals surface area contributed by atoms with Crippen LogP contribution in [0.2, 0.25) is 0 Å². The molecule has 2 amide bonds. The molecule has 0 saturated carbocycles. The molecule has 10 heteroatoms. The van der Waals surface area contributed by atoms with E-state index in [1.165, 1.54) is 30.4 Å². The number of thiazole rings is 1. The predicted molar refractivity (Wildman–Crippen MR) is 113 cm³/mol. The first-order valence-corrected chi connectivity index (χ1v) is 9.80. The lowest BCUT2D eigenvalue weighted by atomic mass is 10.00. The zero-order valence-electron chi connectivity index (χ0n) is 15.4. The van der Waals surface area contributed by atoms with Crippen LogP contribution in [0.3, 0.4) is 0 Å². The lowest BCUT2D eigenvalue weighted by molar-refractivity contribution is -0.121. The molecular weight excluding hydrogens is 423 g/mol. The minimum atomic E-state index is -0.258. The minimum absolute atomic E-state index is 0. The number of rotatable bonds is 5. The number of anilines is 1. The summed E-state index contributed by atoms with van der Waals surface area (Å²) in [6.45, 7) is 1.74. The number of hydrogen-bond acceptors (Lipinski definition) is 6. The summed E-state index contributed by atoms with van der Waals surface area (Å²) in [6, 6.07) is 2.97. The molecule has 0 aliphatic carbocycles. The maximum absolute atomic E-state index is 12.3. The monoisotopic (exact) mass is 446 g/mol. The summed E-state index contributed by atoms with van der Waals surface area (Å²) in [5, 5.41) is 11.7. The summed E-state index contributed by atoms with van der Waals surface area (Å²) in [4.78, 5) is 28.8. The largest absolute Gasteiger partial charge is 0.469 e. The van der Waals surface area contributed by atoms with Gasteiger partial charge in [0.05, 0.1) is 23.9 Å². The van der Waals surface area contributed by atoms with Crippen molar-refractivity contribution >= 4 is 53.1 Å². The van der Waals surface area contributed by atoms with Crippen molar-refractivity contribution in [2.45, 2.75) is 57.2 Å². The van der Waals surface area contributed by atoms with Gasteiger partial charge in [-0.25, -0.2) is 4.98 Å². The number of carbonyl (C=O) groups is 2. The van der Waals surface area contributed by atoms with Gasteiger partial charge in [0.2, 0.25) is 5.91 Å². The standard InChI is InChI=1S/C18H22N4O3S.2ClH/c1-10-15(4-5-25-10)17(24)22-18-21-14(9-26-18)8-16(23)20-13-6-11-2-3-12(7-13)19-11;;/h4-5,9,11-13,19H,2-3,6-8H2,1H3,(H,20,23)(H,21,22,24);2*1H. The molecule has 0 spiro atoms. The summed E-state index contributed by atoms with van der Waals surface area (Å²) in [5.74, 6) is 0.298. The Morgan fingerprint density at radius 2 is 2.00 bits per heavy atom. The summed E-state index contributed by atoms with van der Waals surface area (Å²) < 4.78 is 5.14. The zero-order valence-corrected chi connectivity index (χ0v) is 17.8. The summed E-state index contributed by atoms with van der Waals surface area (Å²) in [6.07, 6.45) is 6.14. The average molecular weight is 447 g/mol. The molecule has 154 valence electrons. The average Bonchev–Trinajstić information content (AvgIpc) is 3.29. The number of aromatic nitrogens is 1. The Bertz CT molecular complexity index is 813. The van der Waals surface area contributed by atoms with Crippen molar-refractivity contribution in [2.75, 3.05) is 5.32 Å². The normalized spacial score (nSPS) is 22.7. The predicted octanol–water partition coefficient (Wildman–Crippen LogP) is 3.08. The Kier molecular flexibility index (Phi) is 7.88. The highest BCUT2D eigenvalue weighted by Gasteiger charge is 2.33. The van der Waals surface area contributed by atoms with Gasteiger partial charge in [0.1, 0.15) is 5.76 Å². The first-order chi connectivity index (χ1) is 12.6. The number of nitrogens with zero attached hydrogens (tertiary/aromatic N) is 1. The number of aryl methyl sites for hydroxylation is 1.